The van der Waals surface area contributed by atoms with Gasteiger partial charge in [0.2, 0.25) is 0 Å². The Labute approximate surface area is 53.9 Å². The van der Waals surface area contributed by atoms with Gasteiger partial charge in [0.1, 0.15) is 5.76 Å². The van der Waals surface area contributed by atoms with Crippen LogP contribution in [0.4, 0.5) is 0 Å². The van der Waals surface area contributed by atoms with E-state index >= 15 is 0 Å². The molecule has 46 valence electrons. The Morgan fingerprint density at radius 1 is 1.89 bits per heavy atom. The predicted molar refractivity (Wildman–Crippen MR) is 33.8 cm³/mol. The first-order chi connectivity index (χ1) is 4.34. The molecule has 0 aromatic carbocycles. The maximum atomic E-state index is 5.13. The molecule has 0 radical (unpaired) electrons. The largest absolute Gasteiger partial charge is 0.447 e. The van der Waals surface area contributed by atoms with E-state index in [4.69, 9.17) is 10.8 Å². The lowest BCUT2D eigenvalue weighted by Crippen LogP contribution is -1.83. The lowest BCUT2D eigenvalue weighted by Gasteiger charge is -1.93. The summed E-state index contributed by atoms with van der Waals surface area (Å²) in [7, 11) is 0. The molecule has 1 unspecified atom stereocenters. The Hall–Kier alpha value is -1.23. The summed E-state index contributed by atoms with van der Waals surface area (Å²) in [5.41, 5.74) is 0. The molecule has 0 amide bonds. The van der Waals surface area contributed by atoms with Gasteiger partial charge in [-0.2, -0.15) is 0 Å². The number of rotatable bonds is 1. The van der Waals surface area contributed by atoms with Gasteiger partial charge < -0.3 is 4.42 Å². The zero-order chi connectivity index (χ0) is 6.69. The smallest absolute Gasteiger partial charge is 0.180 e. The van der Waals surface area contributed by atoms with E-state index < -0.39 is 0 Å². The summed E-state index contributed by atoms with van der Waals surface area (Å²) in [5.74, 6) is 3.32. The van der Waals surface area contributed by atoms with Gasteiger partial charge in [-0.3, -0.25) is 0 Å². The minimum Gasteiger partial charge on any atom is -0.447 e. The number of terminal acetylenes is 1. The van der Waals surface area contributed by atoms with Crippen LogP contribution < -0.4 is 0 Å². The Balaban J connectivity index is 2.80. The van der Waals surface area contributed by atoms with Gasteiger partial charge in [0.15, 0.2) is 6.39 Å². The molecule has 1 aromatic heterocycles. The summed E-state index contributed by atoms with van der Waals surface area (Å²) in [6.07, 6.45) is 8.13. The number of hydrogen-bond acceptors (Lipinski definition) is 2. The van der Waals surface area contributed by atoms with E-state index in [2.05, 4.69) is 10.9 Å². The summed E-state index contributed by atoms with van der Waals surface area (Å²) in [4.78, 5) is 3.73. The van der Waals surface area contributed by atoms with Crippen molar-refractivity contribution < 1.29 is 4.42 Å². The van der Waals surface area contributed by atoms with Crippen LogP contribution >= 0.6 is 0 Å². The van der Waals surface area contributed by atoms with Gasteiger partial charge >= 0.3 is 0 Å². The molecule has 0 aliphatic rings. The Morgan fingerprint density at radius 2 is 2.67 bits per heavy atom. The highest BCUT2D eigenvalue weighted by molar-refractivity contribution is 5.11. The highest BCUT2D eigenvalue weighted by Gasteiger charge is 2.02. The summed E-state index contributed by atoms with van der Waals surface area (Å²) in [5, 5.41) is 0. The van der Waals surface area contributed by atoms with Crippen LogP contribution in [0.3, 0.4) is 0 Å². The Morgan fingerprint density at radius 3 is 3.11 bits per heavy atom. The summed E-state index contributed by atoms with van der Waals surface area (Å²) < 4.78 is 4.93. The molecule has 0 N–H and O–H groups in total. The van der Waals surface area contributed by atoms with Gasteiger partial charge in [0.25, 0.3) is 0 Å². The molecule has 1 rings (SSSR count). The summed E-state index contributed by atoms with van der Waals surface area (Å²) in [6.45, 7) is 1.89. The van der Waals surface area contributed by atoms with Crippen LogP contribution in [0.5, 0.6) is 0 Å². The van der Waals surface area contributed by atoms with Crippen molar-refractivity contribution in [2.24, 2.45) is 0 Å². The molecule has 9 heavy (non-hydrogen) atoms. The van der Waals surface area contributed by atoms with E-state index in [0.717, 1.165) is 5.76 Å². The van der Waals surface area contributed by atoms with E-state index in [1.807, 2.05) is 6.92 Å². The van der Waals surface area contributed by atoms with Crippen LogP contribution in [0.25, 0.3) is 0 Å². The molecule has 0 bridgehead atoms. The zero-order valence-corrected chi connectivity index (χ0v) is 5.16. The number of aromatic nitrogens is 1. The first kappa shape index (κ1) is 5.90. The first-order valence-corrected chi connectivity index (χ1v) is 2.69. The first-order valence-electron chi connectivity index (χ1n) is 2.69. The van der Waals surface area contributed by atoms with Gasteiger partial charge in [0, 0.05) is 0 Å². The van der Waals surface area contributed by atoms with Crippen LogP contribution in [0.2, 0.25) is 0 Å². The summed E-state index contributed by atoms with van der Waals surface area (Å²) >= 11 is 0. The van der Waals surface area contributed by atoms with Crippen molar-refractivity contribution in [3.8, 4) is 12.3 Å². The van der Waals surface area contributed by atoms with Gasteiger partial charge in [-0.25, -0.2) is 4.98 Å². The third kappa shape index (κ3) is 1.11. The molecular weight excluding hydrogens is 114 g/mol. The van der Waals surface area contributed by atoms with Crippen molar-refractivity contribution >= 4 is 0 Å². The fourth-order valence-corrected chi connectivity index (χ4v) is 0.522. The van der Waals surface area contributed by atoms with E-state index in [1.54, 1.807) is 6.20 Å². The van der Waals surface area contributed by atoms with E-state index in [0.29, 0.717) is 0 Å². The normalized spacial score (nSPS) is 12.4. The van der Waals surface area contributed by atoms with Crippen LogP contribution in [-0.2, 0) is 0 Å². The molecule has 0 aliphatic heterocycles. The van der Waals surface area contributed by atoms with E-state index in [-0.39, 0.29) is 5.92 Å². The van der Waals surface area contributed by atoms with Gasteiger partial charge in [-0.15, -0.1) is 6.42 Å². The van der Waals surface area contributed by atoms with Crippen molar-refractivity contribution in [3.63, 3.8) is 0 Å². The molecule has 0 saturated heterocycles. The lowest BCUT2D eigenvalue weighted by molar-refractivity contribution is 0.498. The van der Waals surface area contributed by atoms with Crippen molar-refractivity contribution in [1.29, 1.82) is 0 Å². The third-order valence-corrected chi connectivity index (χ3v) is 1.13. The van der Waals surface area contributed by atoms with Crippen molar-refractivity contribution in [2.75, 3.05) is 0 Å². The van der Waals surface area contributed by atoms with Crippen molar-refractivity contribution in [1.82, 2.24) is 4.98 Å². The average molecular weight is 121 g/mol. The minimum absolute atomic E-state index is 0.0347. The van der Waals surface area contributed by atoms with Gasteiger partial charge in [-0.05, 0) is 6.92 Å². The van der Waals surface area contributed by atoms with Crippen molar-refractivity contribution in [2.45, 2.75) is 12.8 Å². The molecule has 2 nitrogen and oxygen atoms in total. The van der Waals surface area contributed by atoms with Crippen LogP contribution in [0.1, 0.15) is 18.6 Å². The molecule has 1 heterocycles. The highest BCUT2D eigenvalue weighted by Crippen LogP contribution is 2.11. The third-order valence-electron chi connectivity index (χ3n) is 1.13. The molecule has 0 spiro atoms. The molecule has 0 aliphatic carbocycles. The zero-order valence-electron chi connectivity index (χ0n) is 5.16. The fourth-order valence-electron chi connectivity index (χ4n) is 0.522. The second-order valence-electron chi connectivity index (χ2n) is 1.79. The van der Waals surface area contributed by atoms with Crippen molar-refractivity contribution in [3.05, 3.63) is 18.4 Å². The second kappa shape index (κ2) is 2.36. The SMILES string of the molecule is C#CC(C)c1cnco1. The molecule has 1 aromatic rings. The van der Waals surface area contributed by atoms with Crippen LogP contribution in [0.15, 0.2) is 17.0 Å². The van der Waals surface area contributed by atoms with E-state index in [9.17, 15) is 0 Å². The number of hydrogen-bond donors (Lipinski definition) is 0. The lowest BCUT2D eigenvalue weighted by atomic mass is 10.1. The quantitative estimate of drug-likeness (QED) is 0.525. The standard InChI is InChI=1S/C7H7NO/c1-3-6(2)7-4-8-5-9-7/h1,4-6H,2H3. The maximum Gasteiger partial charge on any atom is 0.180 e. The molecule has 0 saturated carbocycles. The minimum atomic E-state index is 0.0347. The topological polar surface area (TPSA) is 26.0 Å². The number of oxazole rings is 1. The van der Waals surface area contributed by atoms with Gasteiger partial charge in [0.05, 0.1) is 12.1 Å². The molecule has 2 heteroatoms. The van der Waals surface area contributed by atoms with Crippen LogP contribution in [-0.4, -0.2) is 4.98 Å². The monoisotopic (exact) mass is 121 g/mol. The molecule has 1 atom stereocenters. The molecule has 0 fully saturated rings. The summed E-state index contributed by atoms with van der Waals surface area (Å²) in [6, 6.07) is 0. The second-order valence-corrected chi connectivity index (χ2v) is 1.79. The Bertz CT molecular complexity index is 207. The fraction of sp³-hybridized carbons (Fsp3) is 0.286. The van der Waals surface area contributed by atoms with E-state index in [1.165, 1.54) is 6.39 Å². The number of nitrogens with zero attached hydrogens (tertiary/aromatic N) is 1. The molecular formula is C7H7NO. The Kier molecular flexibility index (Phi) is 1.55. The van der Waals surface area contributed by atoms with Gasteiger partial charge in [-0.1, -0.05) is 5.92 Å². The van der Waals surface area contributed by atoms with Crippen LogP contribution in [0, 0.1) is 12.3 Å². The predicted octanol–water partition coefficient (Wildman–Crippen LogP) is 1.41. The maximum absolute atomic E-state index is 5.13. The highest BCUT2D eigenvalue weighted by atomic mass is 16.3. The average Bonchev–Trinajstić information content (AvgIpc) is 2.37.